The zero-order valence-corrected chi connectivity index (χ0v) is 3.31. The van der Waals surface area contributed by atoms with Crippen molar-refractivity contribution in [1.29, 1.82) is 0 Å². The van der Waals surface area contributed by atoms with Gasteiger partial charge in [-0.2, -0.15) is 5.10 Å². The number of hydrogen-bond acceptors (Lipinski definition) is 2. The fourth-order valence-electron chi connectivity index (χ4n) is 0.105. The molecule has 30 valence electrons. The number of nitrogens with zero attached hydrogens (tertiary/aromatic N) is 1. The second-order valence-electron chi connectivity index (χ2n) is 0.740. The molecule has 0 saturated carbocycles. The second kappa shape index (κ2) is 3.47. The summed E-state index contributed by atoms with van der Waals surface area (Å²) in [6.07, 6.45) is 2.58. The molecule has 0 unspecified atom stereocenters. The highest BCUT2D eigenvalue weighted by Gasteiger charge is 1.53. The Morgan fingerprint density at radius 3 is 2.60 bits per heavy atom. The Kier molecular flexibility index (Phi) is 3.10. The highest BCUT2D eigenvalue weighted by atomic mass is 15.1. The Balaban J connectivity index is 2.62. The Morgan fingerprint density at radius 1 is 2.00 bits per heavy atom. The van der Waals surface area contributed by atoms with Gasteiger partial charge < -0.3 is 5.84 Å². The molecule has 5 heavy (non-hydrogen) atoms. The maximum atomic E-state index is 4.71. The molecule has 0 aromatic rings. The van der Waals surface area contributed by atoms with Crippen molar-refractivity contribution in [2.45, 2.75) is 13.3 Å². The largest absolute Gasteiger partial charge is 0.324 e. The van der Waals surface area contributed by atoms with Gasteiger partial charge in [0.15, 0.2) is 0 Å². The predicted octanol–water partition coefficient (Wildman–Crippen LogP) is 0.341. The van der Waals surface area contributed by atoms with E-state index in [4.69, 9.17) is 5.84 Å². The summed E-state index contributed by atoms with van der Waals surface area (Å²) in [6.45, 7) is 1.98. The van der Waals surface area contributed by atoms with Gasteiger partial charge in [0, 0.05) is 6.21 Å². The summed E-state index contributed by atoms with van der Waals surface area (Å²) in [4.78, 5) is 0. The predicted molar refractivity (Wildman–Crippen MR) is 23.0 cm³/mol. The zero-order valence-electron chi connectivity index (χ0n) is 3.31. The third kappa shape index (κ3) is 3.47. The van der Waals surface area contributed by atoms with E-state index in [9.17, 15) is 0 Å². The van der Waals surface area contributed by atoms with E-state index >= 15 is 0 Å². The van der Waals surface area contributed by atoms with Crippen LogP contribution in [0.25, 0.3) is 0 Å². The van der Waals surface area contributed by atoms with E-state index in [2.05, 4.69) is 5.10 Å². The minimum atomic E-state index is 0.927. The van der Waals surface area contributed by atoms with Crippen LogP contribution < -0.4 is 5.84 Å². The number of hydrazone groups is 1. The molecule has 0 heterocycles. The lowest BCUT2D eigenvalue weighted by atomic mass is 10.6. The first kappa shape index (κ1) is 4.47. The van der Waals surface area contributed by atoms with Crippen LogP contribution in [0.3, 0.4) is 0 Å². The van der Waals surface area contributed by atoms with Crippen molar-refractivity contribution in [3.05, 3.63) is 0 Å². The fourth-order valence-corrected chi connectivity index (χ4v) is 0.105. The minimum Gasteiger partial charge on any atom is -0.324 e. The third-order valence-electron chi connectivity index (χ3n) is 0.288. The van der Waals surface area contributed by atoms with Gasteiger partial charge >= 0.3 is 0 Å². The molecule has 2 heteroatoms. The molecule has 0 spiro atoms. The average molecular weight is 72.1 g/mol. The van der Waals surface area contributed by atoms with Crippen molar-refractivity contribution < 1.29 is 0 Å². The first-order valence-corrected chi connectivity index (χ1v) is 1.63. The van der Waals surface area contributed by atoms with Gasteiger partial charge in [-0.15, -0.1) is 0 Å². The first-order valence-electron chi connectivity index (χ1n) is 1.63. The highest BCUT2D eigenvalue weighted by molar-refractivity contribution is 5.55. The summed E-state index contributed by atoms with van der Waals surface area (Å²) in [7, 11) is 0. The SMILES string of the molecule is CCC=NN. The van der Waals surface area contributed by atoms with E-state index < -0.39 is 0 Å². The lowest BCUT2D eigenvalue weighted by molar-refractivity contribution is 1.21. The molecule has 2 N–H and O–H groups in total. The third-order valence-corrected chi connectivity index (χ3v) is 0.288. The van der Waals surface area contributed by atoms with Crippen LogP contribution in [0.1, 0.15) is 13.3 Å². The van der Waals surface area contributed by atoms with Crippen LogP contribution in [-0.2, 0) is 0 Å². The van der Waals surface area contributed by atoms with Gasteiger partial charge in [0.1, 0.15) is 0 Å². The molecule has 0 atom stereocenters. The lowest BCUT2D eigenvalue weighted by Gasteiger charge is -1.66. The van der Waals surface area contributed by atoms with Crippen LogP contribution in [0.2, 0.25) is 0 Å². The molecule has 0 saturated heterocycles. The summed E-state index contributed by atoms with van der Waals surface area (Å²) in [6, 6.07) is 0. The fraction of sp³-hybridized carbons (Fsp3) is 0.667. The van der Waals surface area contributed by atoms with Crippen molar-refractivity contribution in [2.75, 3.05) is 0 Å². The summed E-state index contributed by atoms with van der Waals surface area (Å²) in [5.74, 6) is 4.71. The number of hydrogen-bond donors (Lipinski definition) is 1. The van der Waals surface area contributed by atoms with Gasteiger partial charge in [-0.25, -0.2) is 0 Å². The van der Waals surface area contributed by atoms with Crippen LogP contribution >= 0.6 is 0 Å². The molecule has 0 fully saturated rings. The summed E-state index contributed by atoms with van der Waals surface area (Å²) < 4.78 is 0. The van der Waals surface area contributed by atoms with Gasteiger partial charge in [-0.05, 0) is 6.42 Å². The molecule has 0 aromatic carbocycles. The van der Waals surface area contributed by atoms with Gasteiger partial charge in [-0.1, -0.05) is 6.92 Å². The molecule has 0 bridgehead atoms. The number of rotatable bonds is 1. The van der Waals surface area contributed by atoms with E-state index in [1.807, 2.05) is 6.92 Å². The first-order chi connectivity index (χ1) is 2.41. The molecule has 0 aromatic heterocycles. The Labute approximate surface area is 31.7 Å². The average Bonchev–Trinajstić information content (AvgIpc) is 1.41. The van der Waals surface area contributed by atoms with Crippen molar-refractivity contribution >= 4 is 6.21 Å². The Morgan fingerprint density at radius 2 is 2.60 bits per heavy atom. The standard InChI is InChI=1S/C3H8N2/c1-2-3-5-4/h3H,2,4H2,1H3. The van der Waals surface area contributed by atoms with Gasteiger partial charge in [-0.3, -0.25) is 0 Å². The highest BCUT2D eigenvalue weighted by Crippen LogP contribution is 1.58. The Hall–Kier alpha value is -0.530. The maximum Gasteiger partial charge on any atom is 0.0237 e. The molecular formula is C3H8N2. The maximum absolute atomic E-state index is 4.71. The lowest BCUT2D eigenvalue weighted by Crippen LogP contribution is -1.78. The van der Waals surface area contributed by atoms with E-state index in [-0.39, 0.29) is 0 Å². The van der Waals surface area contributed by atoms with Gasteiger partial charge in [0.05, 0.1) is 0 Å². The van der Waals surface area contributed by atoms with Crippen LogP contribution in [0.5, 0.6) is 0 Å². The topological polar surface area (TPSA) is 38.4 Å². The molecule has 0 radical (unpaired) electrons. The van der Waals surface area contributed by atoms with Gasteiger partial charge in [0.2, 0.25) is 0 Å². The van der Waals surface area contributed by atoms with Crippen molar-refractivity contribution in [3.8, 4) is 0 Å². The van der Waals surface area contributed by atoms with Crippen LogP contribution in [-0.4, -0.2) is 6.21 Å². The van der Waals surface area contributed by atoms with Crippen molar-refractivity contribution in [3.63, 3.8) is 0 Å². The summed E-state index contributed by atoms with van der Waals surface area (Å²) in [5.41, 5.74) is 0. The summed E-state index contributed by atoms with van der Waals surface area (Å²) in [5, 5.41) is 3.23. The molecule has 0 aliphatic rings. The van der Waals surface area contributed by atoms with Crippen LogP contribution in [0.4, 0.5) is 0 Å². The van der Waals surface area contributed by atoms with Crippen LogP contribution in [0, 0.1) is 0 Å². The van der Waals surface area contributed by atoms with Crippen LogP contribution in [0.15, 0.2) is 5.10 Å². The summed E-state index contributed by atoms with van der Waals surface area (Å²) >= 11 is 0. The molecule has 0 aliphatic carbocycles. The van der Waals surface area contributed by atoms with E-state index in [1.165, 1.54) is 0 Å². The van der Waals surface area contributed by atoms with E-state index in [0.717, 1.165) is 6.42 Å². The monoisotopic (exact) mass is 72.1 g/mol. The van der Waals surface area contributed by atoms with Crippen molar-refractivity contribution in [1.82, 2.24) is 0 Å². The molecule has 0 rings (SSSR count). The molecule has 0 aliphatic heterocycles. The quantitative estimate of drug-likeness (QED) is 0.271. The molecular weight excluding hydrogens is 64.0 g/mol. The van der Waals surface area contributed by atoms with Gasteiger partial charge in [0.25, 0.3) is 0 Å². The van der Waals surface area contributed by atoms with Crippen molar-refractivity contribution in [2.24, 2.45) is 10.9 Å². The van der Waals surface area contributed by atoms with E-state index in [1.54, 1.807) is 6.21 Å². The second-order valence-corrected chi connectivity index (χ2v) is 0.740. The van der Waals surface area contributed by atoms with E-state index in [0.29, 0.717) is 0 Å². The molecule has 2 nitrogen and oxygen atoms in total. The zero-order chi connectivity index (χ0) is 4.12. The Bertz CT molecular complexity index is 31.9. The number of nitrogens with two attached hydrogens (primary N) is 1. The smallest absolute Gasteiger partial charge is 0.0237 e. The normalized spacial score (nSPS) is 9.80. The minimum absolute atomic E-state index is 0.927. The molecule has 0 amide bonds.